The third-order valence-electron chi connectivity index (χ3n) is 4.25. The molecule has 0 spiro atoms. The second-order valence-electron chi connectivity index (χ2n) is 6.60. The minimum Gasteiger partial charge on any atom is -0.481 e. The molecule has 1 unspecified atom stereocenters. The van der Waals surface area contributed by atoms with Crippen LogP contribution in [0.4, 0.5) is 11.4 Å². The predicted molar refractivity (Wildman–Crippen MR) is 123 cm³/mol. The molecule has 3 aromatic rings. The van der Waals surface area contributed by atoms with Gasteiger partial charge in [-0.1, -0.05) is 42.3 Å². The lowest BCUT2D eigenvalue weighted by Gasteiger charge is -2.17. The van der Waals surface area contributed by atoms with Crippen LogP contribution in [0.3, 0.4) is 0 Å². The summed E-state index contributed by atoms with van der Waals surface area (Å²) >= 11 is 11.8. The molecule has 0 aliphatic carbocycles. The number of halogens is 2. The molecule has 0 fully saturated rings. The number of benzene rings is 3. The van der Waals surface area contributed by atoms with Gasteiger partial charge in [0.05, 0.1) is 10.6 Å². The van der Waals surface area contributed by atoms with Crippen molar-refractivity contribution in [1.82, 2.24) is 0 Å². The lowest BCUT2D eigenvalue weighted by atomic mass is 10.2. The molecular formula is C22H20Cl2N2O4S. The molecule has 1 atom stereocenters. The van der Waals surface area contributed by atoms with Crippen LogP contribution in [0.15, 0.2) is 77.7 Å². The number of sulfonamides is 1. The summed E-state index contributed by atoms with van der Waals surface area (Å²) in [6, 6.07) is 19.0. The summed E-state index contributed by atoms with van der Waals surface area (Å²) in [6.45, 7) is 1.83. The molecule has 3 rings (SSSR count). The summed E-state index contributed by atoms with van der Waals surface area (Å²) in [5, 5.41) is 3.66. The molecule has 0 saturated carbocycles. The topological polar surface area (TPSA) is 84.5 Å². The monoisotopic (exact) mass is 478 g/mol. The molecule has 9 heteroatoms. The number of ether oxygens (including phenoxy) is 1. The van der Waals surface area contributed by atoms with Crippen molar-refractivity contribution >= 4 is 50.5 Å². The van der Waals surface area contributed by atoms with Gasteiger partial charge in [-0.3, -0.25) is 9.52 Å². The maximum absolute atomic E-state index is 12.6. The smallest absolute Gasteiger partial charge is 0.265 e. The molecule has 0 saturated heterocycles. The van der Waals surface area contributed by atoms with E-state index in [4.69, 9.17) is 27.9 Å². The lowest BCUT2D eigenvalue weighted by molar-refractivity contribution is -0.122. The first kappa shape index (κ1) is 22.9. The molecule has 1 amide bonds. The van der Waals surface area contributed by atoms with Crippen LogP contribution in [0.5, 0.6) is 5.75 Å². The fourth-order valence-electron chi connectivity index (χ4n) is 2.73. The maximum atomic E-state index is 12.6. The number of carbonyl (C=O) groups excluding carboxylic acids is 1. The highest BCUT2D eigenvalue weighted by atomic mass is 35.5. The van der Waals surface area contributed by atoms with Crippen molar-refractivity contribution < 1.29 is 17.9 Å². The van der Waals surface area contributed by atoms with Gasteiger partial charge in [0.2, 0.25) is 0 Å². The van der Waals surface area contributed by atoms with Gasteiger partial charge in [0.1, 0.15) is 5.75 Å². The van der Waals surface area contributed by atoms with Crippen molar-refractivity contribution in [3.05, 3.63) is 82.8 Å². The van der Waals surface area contributed by atoms with Gasteiger partial charge in [-0.15, -0.1) is 0 Å². The van der Waals surface area contributed by atoms with Gasteiger partial charge >= 0.3 is 0 Å². The van der Waals surface area contributed by atoms with Crippen LogP contribution in [-0.4, -0.2) is 20.4 Å². The quantitative estimate of drug-likeness (QED) is 0.441. The van der Waals surface area contributed by atoms with Crippen LogP contribution in [0.1, 0.15) is 13.3 Å². The van der Waals surface area contributed by atoms with E-state index >= 15 is 0 Å². The highest BCUT2D eigenvalue weighted by molar-refractivity contribution is 7.92. The van der Waals surface area contributed by atoms with Gasteiger partial charge in [0, 0.05) is 15.7 Å². The predicted octanol–water partition coefficient (Wildman–Crippen LogP) is 5.59. The van der Waals surface area contributed by atoms with E-state index in [1.54, 1.807) is 42.5 Å². The van der Waals surface area contributed by atoms with E-state index in [1.807, 2.05) is 6.92 Å². The second kappa shape index (κ2) is 10.0. The Morgan fingerprint density at radius 1 is 0.935 bits per heavy atom. The molecule has 31 heavy (non-hydrogen) atoms. The molecule has 0 aliphatic heterocycles. The number of rotatable bonds is 8. The fraction of sp³-hybridized carbons (Fsp3) is 0.136. The molecule has 0 aliphatic rings. The third-order valence-corrected chi connectivity index (χ3v) is 6.11. The van der Waals surface area contributed by atoms with Crippen molar-refractivity contribution in [2.24, 2.45) is 0 Å². The van der Waals surface area contributed by atoms with E-state index < -0.39 is 16.1 Å². The van der Waals surface area contributed by atoms with E-state index in [0.29, 0.717) is 33.6 Å². The minimum absolute atomic E-state index is 0.0488. The fourth-order valence-corrected chi connectivity index (χ4v) is 4.15. The van der Waals surface area contributed by atoms with E-state index in [2.05, 4.69) is 10.0 Å². The Kier molecular flexibility index (Phi) is 7.43. The summed E-state index contributed by atoms with van der Waals surface area (Å²) < 4.78 is 33.3. The van der Waals surface area contributed by atoms with Gasteiger partial charge in [-0.05, 0) is 67.1 Å². The van der Waals surface area contributed by atoms with Crippen LogP contribution in [-0.2, 0) is 14.8 Å². The number of carbonyl (C=O) groups is 1. The molecule has 0 heterocycles. The van der Waals surface area contributed by atoms with Gasteiger partial charge in [0.15, 0.2) is 6.10 Å². The zero-order valence-corrected chi connectivity index (χ0v) is 18.8. The van der Waals surface area contributed by atoms with E-state index in [0.717, 1.165) is 0 Å². The Morgan fingerprint density at radius 2 is 1.58 bits per heavy atom. The van der Waals surface area contributed by atoms with Crippen LogP contribution in [0.25, 0.3) is 0 Å². The van der Waals surface area contributed by atoms with E-state index in [-0.39, 0.29) is 10.8 Å². The van der Waals surface area contributed by atoms with Gasteiger partial charge in [-0.2, -0.15) is 0 Å². The SMILES string of the molecule is CCC(Oc1cccc(Cl)c1)C(=O)Nc1ccc(S(=O)(=O)Nc2cccc(Cl)c2)cc1. The molecule has 0 aromatic heterocycles. The van der Waals surface area contributed by atoms with Crippen LogP contribution in [0.2, 0.25) is 10.0 Å². The number of anilines is 2. The first-order valence-electron chi connectivity index (χ1n) is 9.38. The summed E-state index contributed by atoms with van der Waals surface area (Å²) in [6.07, 6.45) is -0.291. The Labute approximate surface area is 191 Å². The van der Waals surface area contributed by atoms with Crippen LogP contribution < -0.4 is 14.8 Å². The summed E-state index contributed by atoms with van der Waals surface area (Å²) in [7, 11) is -3.80. The molecule has 2 N–H and O–H groups in total. The maximum Gasteiger partial charge on any atom is 0.265 e. The molecule has 0 radical (unpaired) electrons. The third kappa shape index (κ3) is 6.37. The first-order valence-corrected chi connectivity index (χ1v) is 11.6. The molecule has 3 aromatic carbocycles. The molecule has 6 nitrogen and oxygen atoms in total. The van der Waals surface area contributed by atoms with Crippen molar-refractivity contribution in [1.29, 1.82) is 0 Å². The van der Waals surface area contributed by atoms with Gasteiger partial charge in [-0.25, -0.2) is 8.42 Å². The Morgan fingerprint density at radius 3 is 2.19 bits per heavy atom. The Bertz CT molecular complexity index is 1170. The largest absolute Gasteiger partial charge is 0.481 e. The number of amides is 1. The Hall–Kier alpha value is -2.74. The lowest BCUT2D eigenvalue weighted by Crippen LogP contribution is -2.32. The second-order valence-corrected chi connectivity index (χ2v) is 9.16. The van der Waals surface area contributed by atoms with Crippen LogP contribution in [0, 0.1) is 0 Å². The van der Waals surface area contributed by atoms with Crippen molar-refractivity contribution in [2.75, 3.05) is 10.0 Å². The first-order chi connectivity index (χ1) is 14.8. The molecule has 162 valence electrons. The normalized spacial score (nSPS) is 12.1. The number of hydrogen-bond donors (Lipinski definition) is 2. The van der Waals surface area contributed by atoms with E-state index in [1.165, 1.54) is 30.3 Å². The van der Waals surface area contributed by atoms with Crippen LogP contribution >= 0.6 is 23.2 Å². The summed E-state index contributed by atoms with van der Waals surface area (Å²) in [4.78, 5) is 12.6. The average Bonchev–Trinajstić information content (AvgIpc) is 2.72. The highest BCUT2D eigenvalue weighted by Gasteiger charge is 2.20. The zero-order valence-electron chi connectivity index (χ0n) is 16.5. The van der Waals surface area contributed by atoms with Gasteiger partial charge < -0.3 is 10.1 Å². The average molecular weight is 479 g/mol. The number of hydrogen-bond acceptors (Lipinski definition) is 4. The summed E-state index contributed by atoms with van der Waals surface area (Å²) in [5.74, 6) is 0.137. The van der Waals surface area contributed by atoms with E-state index in [9.17, 15) is 13.2 Å². The van der Waals surface area contributed by atoms with Crippen molar-refractivity contribution in [3.63, 3.8) is 0 Å². The molecular weight excluding hydrogens is 459 g/mol. The zero-order chi connectivity index (χ0) is 22.4. The Balaban J connectivity index is 1.67. The number of nitrogens with one attached hydrogen (secondary N) is 2. The van der Waals surface area contributed by atoms with Gasteiger partial charge in [0.25, 0.3) is 15.9 Å². The summed E-state index contributed by atoms with van der Waals surface area (Å²) in [5.41, 5.74) is 0.800. The van der Waals surface area contributed by atoms with Crippen molar-refractivity contribution in [3.8, 4) is 5.75 Å². The molecule has 0 bridgehead atoms. The standard InChI is InChI=1S/C22H20Cl2N2O4S/c1-2-21(30-19-8-4-6-16(24)14-19)22(27)25-17-9-11-20(12-10-17)31(28,29)26-18-7-3-5-15(23)13-18/h3-14,21,26H,2H2,1H3,(H,25,27). The minimum atomic E-state index is -3.80. The highest BCUT2D eigenvalue weighted by Crippen LogP contribution is 2.22. The van der Waals surface area contributed by atoms with Crippen molar-refractivity contribution in [2.45, 2.75) is 24.3 Å².